The van der Waals surface area contributed by atoms with Gasteiger partial charge in [0.1, 0.15) is 0 Å². The number of alkyl halides is 3. The van der Waals surface area contributed by atoms with Crippen LogP contribution in [0.2, 0.25) is 0 Å². The van der Waals surface area contributed by atoms with Gasteiger partial charge < -0.3 is 15.6 Å². The van der Waals surface area contributed by atoms with Gasteiger partial charge in [-0.3, -0.25) is 9.89 Å². The lowest BCUT2D eigenvalue weighted by Gasteiger charge is -2.19. The number of rotatable bonds is 5. The van der Waals surface area contributed by atoms with Gasteiger partial charge in [-0.2, -0.15) is 13.2 Å². The van der Waals surface area contributed by atoms with Crippen LogP contribution in [0, 0.1) is 6.92 Å². The topological polar surface area (TPSA) is 55.5 Å². The van der Waals surface area contributed by atoms with E-state index in [0.717, 1.165) is 11.9 Å². The van der Waals surface area contributed by atoms with Crippen molar-refractivity contribution in [1.82, 2.24) is 20.5 Å². The molecule has 3 N–H and O–H groups in total. The van der Waals surface area contributed by atoms with Gasteiger partial charge in [-0.25, -0.2) is 0 Å². The number of benzene rings is 1. The van der Waals surface area contributed by atoms with Crippen LogP contribution in [0.25, 0.3) is 10.9 Å². The SMILES string of the molecule is CN=C(NCCc1c[nH]c2c(C)cccc12)NC1CCN(CC(F)(F)F)C1. The van der Waals surface area contributed by atoms with Gasteiger partial charge in [-0.1, -0.05) is 18.2 Å². The van der Waals surface area contributed by atoms with E-state index in [9.17, 15) is 13.2 Å². The van der Waals surface area contributed by atoms with Crippen molar-refractivity contribution in [3.63, 3.8) is 0 Å². The molecule has 27 heavy (non-hydrogen) atoms. The highest BCUT2D eigenvalue weighted by Gasteiger charge is 2.34. The third kappa shape index (κ3) is 5.15. The van der Waals surface area contributed by atoms with Crippen LogP contribution in [-0.2, 0) is 6.42 Å². The maximum atomic E-state index is 12.5. The monoisotopic (exact) mass is 381 g/mol. The highest BCUT2D eigenvalue weighted by molar-refractivity contribution is 5.86. The fraction of sp³-hybridized carbons (Fsp3) is 0.526. The van der Waals surface area contributed by atoms with Gasteiger partial charge in [-0.15, -0.1) is 0 Å². The summed E-state index contributed by atoms with van der Waals surface area (Å²) < 4.78 is 37.5. The van der Waals surface area contributed by atoms with Gasteiger partial charge in [0.15, 0.2) is 5.96 Å². The normalized spacial score (nSPS) is 19.0. The second kappa shape index (κ2) is 8.21. The molecule has 148 valence electrons. The Morgan fingerprint density at radius 2 is 2.19 bits per heavy atom. The first kappa shape index (κ1) is 19.5. The number of halogens is 3. The Bertz CT molecular complexity index is 796. The molecule has 1 aliphatic rings. The number of aromatic amines is 1. The van der Waals surface area contributed by atoms with Crippen molar-refractivity contribution < 1.29 is 13.2 Å². The molecule has 1 aromatic heterocycles. The summed E-state index contributed by atoms with van der Waals surface area (Å²) in [6.07, 6.45) is -0.610. The summed E-state index contributed by atoms with van der Waals surface area (Å²) in [5.74, 6) is 0.630. The predicted octanol–water partition coefficient (Wildman–Crippen LogP) is 2.82. The highest BCUT2D eigenvalue weighted by atomic mass is 19.4. The fourth-order valence-corrected chi connectivity index (χ4v) is 3.62. The summed E-state index contributed by atoms with van der Waals surface area (Å²) in [6.45, 7) is 2.75. The molecule has 0 radical (unpaired) electrons. The average molecular weight is 381 g/mol. The minimum Gasteiger partial charge on any atom is -0.361 e. The Morgan fingerprint density at radius 3 is 2.93 bits per heavy atom. The summed E-state index contributed by atoms with van der Waals surface area (Å²) in [6, 6.07) is 6.22. The Kier molecular flexibility index (Phi) is 5.94. The number of nitrogens with zero attached hydrogens (tertiary/aromatic N) is 2. The number of H-pyrrole nitrogens is 1. The van der Waals surface area contributed by atoms with Gasteiger partial charge >= 0.3 is 6.18 Å². The quantitative estimate of drug-likeness (QED) is 0.552. The molecule has 0 saturated carbocycles. The van der Waals surface area contributed by atoms with Crippen molar-refractivity contribution in [3.8, 4) is 0 Å². The lowest BCUT2D eigenvalue weighted by molar-refractivity contribution is -0.143. The Morgan fingerprint density at radius 1 is 1.37 bits per heavy atom. The molecule has 1 aromatic carbocycles. The van der Waals surface area contributed by atoms with E-state index in [1.165, 1.54) is 21.4 Å². The first-order valence-corrected chi connectivity index (χ1v) is 9.17. The van der Waals surface area contributed by atoms with Crippen LogP contribution in [-0.4, -0.2) is 61.3 Å². The highest BCUT2D eigenvalue weighted by Crippen LogP contribution is 2.21. The summed E-state index contributed by atoms with van der Waals surface area (Å²) in [7, 11) is 1.67. The number of aryl methyl sites for hydroxylation is 1. The van der Waals surface area contributed by atoms with Gasteiger partial charge in [0.25, 0.3) is 0 Å². The van der Waals surface area contributed by atoms with Crippen LogP contribution < -0.4 is 10.6 Å². The van der Waals surface area contributed by atoms with Crippen molar-refractivity contribution in [2.75, 3.05) is 33.2 Å². The number of hydrogen-bond donors (Lipinski definition) is 3. The number of likely N-dealkylation sites (tertiary alicyclic amines) is 1. The molecule has 2 aromatic rings. The number of guanidine groups is 1. The van der Waals surface area contributed by atoms with E-state index in [1.807, 2.05) is 6.20 Å². The molecule has 1 unspecified atom stereocenters. The zero-order chi connectivity index (χ0) is 19.4. The number of aromatic nitrogens is 1. The number of fused-ring (bicyclic) bond motifs is 1. The maximum absolute atomic E-state index is 12.5. The third-order valence-corrected chi connectivity index (χ3v) is 4.94. The second-order valence-electron chi connectivity index (χ2n) is 7.04. The Labute approximate surface area is 157 Å². The van der Waals surface area contributed by atoms with Crippen LogP contribution in [0.1, 0.15) is 17.5 Å². The Hall–Kier alpha value is -2.22. The van der Waals surface area contributed by atoms with E-state index >= 15 is 0 Å². The van der Waals surface area contributed by atoms with E-state index in [4.69, 9.17) is 0 Å². The van der Waals surface area contributed by atoms with E-state index in [2.05, 4.69) is 45.7 Å². The van der Waals surface area contributed by atoms with Crippen molar-refractivity contribution in [3.05, 3.63) is 35.5 Å². The van der Waals surface area contributed by atoms with Crippen molar-refractivity contribution >= 4 is 16.9 Å². The summed E-state index contributed by atoms with van der Waals surface area (Å²) in [5.41, 5.74) is 3.61. The molecule has 0 aliphatic carbocycles. The fourth-order valence-electron chi connectivity index (χ4n) is 3.62. The lowest BCUT2D eigenvalue weighted by atomic mass is 10.1. The van der Waals surface area contributed by atoms with Gasteiger partial charge in [-0.05, 0) is 30.9 Å². The second-order valence-corrected chi connectivity index (χ2v) is 7.04. The summed E-state index contributed by atoms with van der Waals surface area (Å²) >= 11 is 0. The summed E-state index contributed by atoms with van der Waals surface area (Å²) in [5, 5.41) is 7.71. The zero-order valence-electron chi connectivity index (χ0n) is 15.7. The summed E-state index contributed by atoms with van der Waals surface area (Å²) in [4.78, 5) is 8.94. The van der Waals surface area contributed by atoms with Gasteiger partial charge in [0.2, 0.25) is 0 Å². The van der Waals surface area contributed by atoms with Crippen LogP contribution in [0.5, 0.6) is 0 Å². The van der Waals surface area contributed by atoms with E-state index in [-0.39, 0.29) is 6.04 Å². The van der Waals surface area contributed by atoms with E-state index in [0.29, 0.717) is 32.0 Å². The smallest absolute Gasteiger partial charge is 0.361 e. The molecule has 5 nitrogen and oxygen atoms in total. The molecule has 8 heteroatoms. The molecule has 0 amide bonds. The molecular weight excluding hydrogens is 355 g/mol. The standard InChI is InChI=1S/C19H26F3N5/c1-13-4-3-5-16-14(10-25-17(13)16)6-8-24-18(23-2)26-15-7-9-27(11-15)12-19(20,21)22/h3-5,10,15,25H,6-9,11-12H2,1-2H3,(H2,23,24,26). The first-order chi connectivity index (χ1) is 12.9. The molecule has 3 rings (SSSR count). The zero-order valence-corrected chi connectivity index (χ0v) is 15.7. The molecule has 1 atom stereocenters. The molecule has 0 spiro atoms. The first-order valence-electron chi connectivity index (χ1n) is 9.17. The number of para-hydroxylation sites is 1. The minimum atomic E-state index is -4.15. The van der Waals surface area contributed by atoms with Crippen LogP contribution >= 0.6 is 0 Å². The average Bonchev–Trinajstić information content (AvgIpc) is 3.20. The molecule has 1 saturated heterocycles. The minimum absolute atomic E-state index is 0.0192. The van der Waals surface area contributed by atoms with E-state index < -0.39 is 12.7 Å². The predicted molar refractivity (Wildman–Crippen MR) is 102 cm³/mol. The van der Waals surface area contributed by atoms with Crippen molar-refractivity contribution in [2.24, 2.45) is 4.99 Å². The van der Waals surface area contributed by atoms with Crippen molar-refractivity contribution in [1.29, 1.82) is 0 Å². The van der Waals surface area contributed by atoms with Crippen LogP contribution in [0.4, 0.5) is 13.2 Å². The van der Waals surface area contributed by atoms with Crippen LogP contribution in [0.15, 0.2) is 29.4 Å². The molecule has 1 fully saturated rings. The van der Waals surface area contributed by atoms with E-state index in [1.54, 1.807) is 7.05 Å². The van der Waals surface area contributed by atoms with Gasteiger partial charge in [0, 0.05) is 49.8 Å². The largest absolute Gasteiger partial charge is 0.401 e. The van der Waals surface area contributed by atoms with Crippen molar-refractivity contribution in [2.45, 2.75) is 32.0 Å². The molecular formula is C19H26F3N5. The van der Waals surface area contributed by atoms with Gasteiger partial charge in [0.05, 0.1) is 6.54 Å². The number of hydrogen-bond acceptors (Lipinski definition) is 2. The lowest BCUT2D eigenvalue weighted by Crippen LogP contribution is -2.45. The third-order valence-electron chi connectivity index (χ3n) is 4.94. The number of nitrogens with one attached hydrogen (secondary N) is 3. The molecule has 1 aliphatic heterocycles. The Balaban J connectivity index is 1.48. The van der Waals surface area contributed by atoms with Crippen LogP contribution in [0.3, 0.4) is 0 Å². The molecule has 2 heterocycles. The molecule has 0 bridgehead atoms. The number of aliphatic imine (C=N–C) groups is 1. The maximum Gasteiger partial charge on any atom is 0.401 e.